The molecule has 0 aromatic heterocycles. The molecule has 0 aliphatic carbocycles. The smallest absolute Gasteiger partial charge is 0.219 e. The first-order valence-corrected chi connectivity index (χ1v) is 5.05. The number of benzene rings is 1. The Morgan fingerprint density at radius 2 is 1.87 bits per heavy atom. The van der Waals surface area contributed by atoms with E-state index in [4.69, 9.17) is 0 Å². The lowest BCUT2D eigenvalue weighted by molar-refractivity contribution is -0.127. The number of allylic oxidation sites excluding steroid dienone is 1. The first-order chi connectivity index (χ1) is 7.11. The number of rotatable bonds is 3. The zero-order chi connectivity index (χ0) is 11.3. The molecule has 0 aliphatic rings. The highest BCUT2D eigenvalue weighted by molar-refractivity contribution is 5.73. The maximum Gasteiger partial charge on any atom is 0.219 e. The van der Waals surface area contributed by atoms with Crippen molar-refractivity contribution in [3.8, 4) is 0 Å². The Morgan fingerprint density at radius 3 is 2.40 bits per heavy atom. The Bertz CT molecular complexity index is 354. The summed E-state index contributed by atoms with van der Waals surface area (Å²) in [6.07, 6.45) is 2.07. The monoisotopic (exact) mass is 203 g/mol. The van der Waals surface area contributed by atoms with Crippen molar-refractivity contribution in [2.75, 3.05) is 13.6 Å². The number of carbonyl (C=O) groups is 1. The molecule has 0 aliphatic heterocycles. The average Bonchev–Trinajstić information content (AvgIpc) is 2.26. The molecule has 0 N–H and O–H groups in total. The van der Waals surface area contributed by atoms with Gasteiger partial charge in [-0.15, -0.1) is 0 Å². The van der Waals surface area contributed by atoms with Crippen LogP contribution in [0.2, 0.25) is 0 Å². The predicted molar refractivity (Wildman–Crippen MR) is 63.4 cm³/mol. The van der Waals surface area contributed by atoms with Gasteiger partial charge in [0.1, 0.15) is 0 Å². The van der Waals surface area contributed by atoms with Gasteiger partial charge in [-0.2, -0.15) is 0 Å². The minimum atomic E-state index is 0.0899. The second kappa shape index (κ2) is 5.35. The van der Waals surface area contributed by atoms with Crippen molar-refractivity contribution in [3.05, 3.63) is 42.0 Å². The molecule has 0 saturated heterocycles. The molecule has 0 bridgehead atoms. The van der Waals surface area contributed by atoms with Gasteiger partial charge >= 0.3 is 0 Å². The summed E-state index contributed by atoms with van der Waals surface area (Å²) in [5.41, 5.74) is 2.40. The van der Waals surface area contributed by atoms with Crippen LogP contribution < -0.4 is 0 Å². The third-order valence-corrected chi connectivity index (χ3v) is 2.44. The molecule has 1 aromatic rings. The van der Waals surface area contributed by atoms with Gasteiger partial charge in [-0.3, -0.25) is 4.79 Å². The van der Waals surface area contributed by atoms with Crippen LogP contribution in [-0.4, -0.2) is 24.4 Å². The van der Waals surface area contributed by atoms with Gasteiger partial charge in [-0.05, 0) is 18.1 Å². The molecule has 1 amide bonds. The summed E-state index contributed by atoms with van der Waals surface area (Å²) in [4.78, 5) is 12.7. The van der Waals surface area contributed by atoms with Crippen LogP contribution in [0.3, 0.4) is 0 Å². The van der Waals surface area contributed by atoms with Gasteiger partial charge < -0.3 is 4.90 Å². The molecule has 0 heterocycles. The van der Waals surface area contributed by atoms with Gasteiger partial charge in [-0.1, -0.05) is 36.4 Å². The highest BCUT2D eigenvalue weighted by atomic mass is 16.2. The highest BCUT2D eigenvalue weighted by Crippen LogP contribution is 2.12. The molecule has 0 unspecified atom stereocenters. The van der Waals surface area contributed by atoms with Crippen LogP contribution >= 0.6 is 0 Å². The van der Waals surface area contributed by atoms with Crippen LogP contribution in [0.25, 0.3) is 5.57 Å². The van der Waals surface area contributed by atoms with Crippen LogP contribution in [0, 0.1) is 0 Å². The van der Waals surface area contributed by atoms with E-state index in [1.54, 1.807) is 18.9 Å². The lowest BCUT2D eigenvalue weighted by atomic mass is 10.1. The zero-order valence-electron chi connectivity index (χ0n) is 9.53. The maximum absolute atomic E-state index is 11.0. The number of hydrogen-bond acceptors (Lipinski definition) is 1. The summed E-state index contributed by atoms with van der Waals surface area (Å²) >= 11 is 0. The quantitative estimate of drug-likeness (QED) is 0.739. The van der Waals surface area contributed by atoms with Gasteiger partial charge in [-0.25, -0.2) is 0 Å². The predicted octanol–water partition coefficient (Wildman–Crippen LogP) is 2.57. The van der Waals surface area contributed by atoms with Crippen LogP contribution in [0.15, 0.2) is 36.4 Å². The second-order valence-corrected chi connectivity index (χ2v) is 3.65. The van der Waals surface area contributed by atoms with E-state index in [-0.39, 0.29) is 5.91 Å². The standard InChI is InChI=1S/C13H17NO/c1-11(9-10-14(3)12(2)15)13-7-5-4-6-8-13/h4-9H,10H2,1-3H3. The second-order valence-electron chi connectivity index (χ2n) is 3.65. The van der Waals surface area contributed by atoms with E-state index in [9.17, 15) is 4.79 Å². The van der Waals surface area contributed by atoms with E-state index in [1.807, 2.05) is 18.2 Å². The lowest BCUT2D eigenvalue weighted by Crippen LogP contribution is -2.23. The highest BCUT2D eigenvalue weighted by Gasteiger charge is 1.99. The zero-order valence-corrected chi connectivity index (χ0v) is 9.53. The number of likely N-dealkylation sites (N-methyl/N-ethyl adjacent to an activating group) is 1. The third-order valence-electron chi connectivity index (χ3n) is 2.44. The summed E-state index contributed by atoms with van der Waals surface area (Å²) in [7, 11) is 1.80. The summed E-state index contributed by atoms with van der Waals surface area (Å²) in [6, 6.07) is 10.2. The van der Waals surface area contributed by atoms with E-state index in [0.717, 1.165) is 0 Å². The summed E-state index contributed by atoms with van der Waals surface area (Å²) < 4.78 is 0. The Balaban J connectivity index is 2.65. The van der Waals surface area contributed by atoms with Gasteiger partial charge in [0, 0.05) is 20.5 Å². The minimum Gasteiger partial charge on any atom is -0.342 e. The topological polar surface area (TPSA) is 20.3 Å². The minimum absolute atomic E-state index is 0.0899. The van der Waals surface area contributed by atoms with Gasteiger partial charge in [0.25, 0.3) is 0 Å². The summed E-state index contributed by atoms with van der Waals surface area (Å²) in [5, 5.41) is 0. The Hall–Kier alpha value is -1.57. The molecule has 0 fully saturated rings. The molecule has 15 heavy (non-hydrogen) atoms. The number of carbonyl (C=O) groups excluding carboxylic acids is 1. The van der Waals surface area contributed by atoms with Crippen molar-refractivity contribution in [1.29, 1.82) is 0 Å². The first kappa shape index (κ1) is 11.5. The fourth-order valence-corrected chi connectivity index (χ4v) is 1.22. The maximum atomic E-state index is 11.0. The van der Waals surface area contributed by atoms with Crippen LogP contribution in [0.5, 0.6) is 0 Å². The van der Waals surface area contributed by atoms with E-state index >= 15 is 0 Å². The number of nitrogens with zero attached hydrogens (tertiary/aromatic N) is 1. The van der Waals surface area contributed by atoms with Gasteiger partial charge in [0.2, 0.25) is 5.91 Å². The average molecular weight is 203 g/mol. The Morgan fingerprint density at radius 1 is 1.27 bits per heavy atom. The van der Waals surface area contributed by atoms with Crippen LogP contribution in [0.1, 0.15) is 19.4 Å². The van der Waals surface area contributed by atoms with E-state index in [1.165, 1.54) is 11.1 Å². The molecule has 80 valence electrons. The molecule has 1 aromatic carbocycles. The van der Waals surface area contributed by atoms with Crippen molar-refractivity contribution < 1.29 is 4.79 Å². The molecule has 2 heteroatoms. The van der Waals surface area contributed by atoms with Crippen molar-refractivity contribution in [3.63, 3.8) is 0 Å². The molecule has 0 spiro atoms. The van der Waals surface area contributed by atoms with Gasteiger partial charge in [0.05, 0.1) is 0 Å². The molecular weight excluding hydrogens is 186 g/mol. The normalized spacial score (nSPS) is 11.3. The van der Waals surface area contributed by atoms with E-state index < -0.39 is 0 Å². The third kappa shape index (κ3) is 3.58. The molecule has 1 rings (SSSR count). The number of hydrogen-bond donors (Lipinski definition) is 0. The molecule has 0 saturated carbocycles. The van der Waals surface area contributed by atoms with Crippen molar-refractivity contribution in [2.24, 2.45) is 0 Å². The van der Waals surface area contributed by atoms with Gasteiger partial charge in [0.15, 0.2) is 0 Å². The fourth-order valence-electron chi connectivity index (χ4n) is 1.22. The Kier molecular flexibility index (Phi) is 4.10. The molecule has 2 nitrogen and oxygen atoms in total. The largest absolute Gasteiger partial charge is 0.342 e. The van der Waals surface area contributed by atoms with Crippen LogP contribution in [0.4, 0.5) is 0 Å². The Labute approximate surface area is 91.2 Å². The van der Waals surface area contributed by atoms with Crippen molar-refractivity contribution in [1.82, 2.24) is 4.90 Å². The molecule has 0 atom stereocenters. The van der Waals surface area contributed by atoms with E-state index in [2.05, 4.69) is 25.1 Å². The fraction of sp³-hybridized carbons (Fsp3) is 0.308. The summed E-state index contributed by atoms with van der Waals surface area (Å²) in [6.45, 7) is 4.30. The number of amides is 1. The lowest BCUT2D eigenvalue weighted by Gasteiger charge is -2.12. The van der Waals surface area contributed by atoms with Crippen LogP contribution in [-0.2, 0) is 4.79 Å². The molecular formula is C13H17NO. The summed E-state index contributed by atoms with van der Waals surface area (Å²) in [5.74, 6) is 0.0899. The van der Waals surface area contributed by atoms with Crippen molar-refractivity contribution >= 4 is 11.5 Å². The SMILES string of the molecule is CC(=O)N(C)CC=C(C)c1ccccc1. The molecule has 0 radical (unpaired) electrons. The first-order valence-electron chi connectivity index (χ1n) is 5.05. The van der Waals surface area contributed by atoms with E-state index in [0.29, 0.717) is 6.54 Å². The van der Waals surface area contributed by atoms with Crippen molar-refractivity contribution in [2.45, 2.75) is 13.8 Å².